The number of pyridine rings is 1. The molecule has 2 heterocycles. The fraction of sp³-hybridized carbons (Fsp3) is 0.250. The van der Waals surface area contributed by atoms with Gasteiger partial charge in [0, 0.05) is 30.7 Å². The maximum absolute atomic E-state index is 5.83. The lowest BCUT2D eigenvalue weighted by atomic mass is 10.2. The number of aromatic nitrogens is 3. The van der Waals surface area contributed by atoms with Crippen LogP contribution >= 0.6 is 23.4 Å². The zero-order valence-electron chi connectivity index (χ0n) is 10.3. The summed E-state index contributed by atoms with van der Waals surface area (Å²) in [6.45, 7) is 0.530. The quantitative estimate of drug-likeness (QED) is 0.519. The molecule has 2 rings (SSSR count). The van der Waals surface area contributed by atoms with E-state index in [1.54, 1.807) is 13.3 Å². The Balaban J connectivity index is 2.09. The Kier molecular flexibility index (Phi) is 4.95. The van der Waals surface area contributed by atoms with Crippen LogP contribution < -0.4 is 5.73 Å². The van der Waals surface area contributed by atoms with Gasteiger partial charge in [0.15, 0.2) is 5.16 Å². The number of nitrogens with two attached hydrogens (primary N) is 1. The van der Waals surface area contributed by atoms with Crippen LogP contribution in [0.1, 0.15) is 11.3 Å². The van der Waals surface area contributed by atoms with Crippen molar-refractivity contribution in [2.45, 2.75) is 17.5 Å². The topological polar surface area (TPSA) is 73.9 Å². The summed E-state index contributed by atoms with van der Waals surface area (Å²) in [4.78, 5) is 12.6. The summed E-state index contributed by atoms with van der Waals surface area (Å²) in [6, 6.07) is 5.39. The molecule has 0 aliphatic carbocycles. The Bertz CT molecular complexity index is 547. The van der Waals surface area contributed by atoms with Gasteiger partial charge >= 0.3 is 0 Å². The van der Waals surface area contributed by atoms with E-state index in [0.717, 1.165) is 11.3 Å². The molecule has 0 unspecified atom stereocenters. The van der Waals surface area contributed by atoms with Gasteiger partial charge < -0.3 is 10.5 Å². The van der Waals surface area contributed by atoms with Crippen molar-refractivity contribution < 1.29 is 4.74 Å². The molecule has 0 bridgehead atoms. The third kappa shape index (κ3) is 4.05. The molecular weight excluding hydrogens is 284 g/mol. The third-order valence-electron chi connectivity index (χ3n) is 2.32. The minimum absolute atomic E-state index is 0.341. The van der Waals surface area contributed by atoms with Crippen LogP contribution in [-0.2, 0) is 17.1 Å². The lowest BCUT2D eigenvalue weighted by Gasteiger charge is -2.07. The average molecular weight is 297 g/mol. The van der Waals surface area contributed by atoms with Gasteiger partial charge in [0.2, 0.25) is 0 Å². The first kappa shape index (κ1) is 14.0. The molecule has 0 radical (unpaired) electrons. The van der Waals surface area contributed by atoms with Gasteiger partial charge in [0.05, 0.1) is 12.3 Å². The van der Waals surface area contributed by atoms with Crippen LogP contribution in [0.15, 0.2) is 29.6 Å². The average Bonchev–Trinajstić information content (AvgIpc) is 2.37. The van der Waals surface area contributed by atoms with Gasteiger partial charge in [-0.3, -0.25) is 4.98 Å². The van der Waals surface area contributed by atoms with E-state index in [2.05, 4.69) is 15.0 Å². The molecular formula is C12H13ClN4OS. The first-order valence-electron chi connectivity index (χ1n) is 5.53. The molecule has 7 heteroatoms. The molecule has 0 aromatic carbocycles. The lowest BCUT2D eigenvalue weighted by Crippen LogP contribution is -1.99. The fourth-order valence-electron chi connectivity index (χ4n) is 1.50. The van der Waals surface area contributed by atoms with Crippen molar-refractivity contribution in [3.05, 3.63) is 40.8 Å². The normalized spacial score (nSPS) is 10.6. The Labute approximate surface area is 120 Å². The first-order chi connectivity index (χ1) is 9.19. The predicted octanol–water partition coefficient (Wildman–Crippen LogP) is 2.55. The van der Waals surface area contributed by atoms with Crippen LogP contribution in [0.5, 0.6) is 0 Å². The summed E-state index contributed by atoms with van der Waals surface area (Å²) in [5, 5.41) is 0.882. The highest BCUT2D eigenvalue weighted by atomic mass is 35.5. The van der Waals surface area contributed by atoms with E-state index in [4.69, 9.17) is 22.1 Å². The number of methoxy groups -OCH3 is 1. The molecule has 0 spiro atoms. The molecule has 5 nitrogen and oxygen atoms in total. The third-order valence-corrected chi connectivity index (χ3v) is 3.37. The van der Waals surface area contributed by atoms with E-state index >= 15 is 0 Å². The van der Waals surface area contributed by atoms with Crippen molar-refractivity contribution in [1.29, 1.82) is 0 Å². The molecule has 2 aromatic rings. The summed E-state index contributed by atoms with van der Waals surface area (Å²) in [5.41, 5.74) is 7.61. The molecule has 0 amide bonds. The molecule has 0 fully saturated rings. The highest BCUT2D eigenvalue weighted by Crippen LogP contribution is 2.22. The van der Waals surface area contributed by atoms with Gasteiger partial charge in [-0.05, 0) is 6.07 Å². The molecule has 0 aliphatic rings. The molecule has 0 saturated carbocycles. The fourth-order valence-corrected chi connectivity index (χ4v) is 2.60. The minimum atomic E-state index is 0.341. The zero-order chi connectivity index (χ0) is 13.7. The van der Waals surface area contributed by atoms with Crippen molar-refractivity contribution in [2.75, 3.05) is 12.8 Å². The van der Waals surface area contributed by atoms with Crippen LogP contribution in [0.4, 0.5) is 5.82 Å². The Morgan fingerprint density at radius 2 is 2.26 bits per heavy atom. The number of thioether (sulfide) groups is 1. The number of anilines is 1. The smallest absolute Gasteiger partial charge is 0.191 e. The van der Waals surface area contributed by atoms with Crippen LogP contribution in [0.3, 0.4) is 0 Å². The predicted molar refractivity (Wildman–Crippen MR) is 76.0 cm³/mol. The summed E-state index contributed by atoms with van der Waals surface area (Å²) in [5.74, 6) is 1.000. The number of hydrogen-bond donors (Lipinski definition) is 1. The summed E-state index contributed by atoms with van der Waals surface area (Å²) in [6.07, 6.45) is 1.75. The lowest BCUT2D eigenvalue weighted by molar-refractivity contribution is 0.184. The number of hydrogen-bond acceptors (Lipinski definition) is 6. The first-order valence-corrected chi connectivity index (χ1v) is 6.90. The zero-order valence-corrected chi connectivity index (χ0v) is 11.9. The number of halogens is 1. The van der Waals surface area contributed by atoms with E-state index in [9.17, 15) is 0 Å². The van der Waals surface area contributed by atoms with E-state index in [-0.39, 0.29) is 0 Å². The second-order valence-corrected chi connectivity index (χ2v) is 5.06. The van der Waals surface area contributed by atoms with Crippen molar-refractivity contribution in [3.8, 4) is 0 Å². The highest BCUT2D eigenvalue weighted by Gasteiger charge is 2.07. The molecule has 0 aliphatic heterocycles. The highest BCUT2D eigenvalue weighted by molar-refractivity contribution is 7.98. The SMILES string of the molecule is COCc1cccnc1CSc1nc(N)cc(Cl)n1. The maximum Gasteiger partial charge on any atom is 0.191 e. The second kappa shape index (κ2) is 6.70. The summed E-state index contributed by atoms with van der Waals surface area (Å²) < 4.78 is 5.14. The molecule has 100 valence electrons. The summed E-state index contributed by atoms with van der Waals surface area (Å²) in [7, 11) is 1.66. The van der Waals surface area contributed by atoms with Crippen LogP contribution in [-0.4, -0.2) is 22.1 Å². The Morgan fingerprint density at radius 3 is 3.00 bits per heavy atom. The van der Waals surface area contributed by atoms with Gasteiger partial charge in [-0.15, -0.1) is 0 Å². The molecule has 19 heavy (non-hydrogen) atoms. The van der Waals surface area contributed by atoms with Crippen molar-refractivity contribution in [1.82, 2.24) is 15.0 Å². The van der Waals surface area contributed by atoms with E-state index < -0.39 is 0 Å². The van der Waals surface area contributed by atoms with E-state index in [0.29, 0.717) is 28.5 Å². The number of rotatable bonds is 5. The minimum Gasteiger partial charge on any atom is -0.384 e. The van der Waals surface area contributed by atoms with Crippen LogP contribution in [0.25, 0.3) is 0 Å². The summed E-state index contributed by atoms with van der Waals surface area (Å²) >= 11 is 7.27. The standard InChI is InChI=1S/C12H13ClN4OS/c1-18-6-8-3-2-4-15-9(8)7-19-12-16-10(13)5-11(14)17-12/h2-5H,6-7H2,1H3,(H2,14,16,17). The maximum atomic E-state index is 5.83. The second-order valence-electron chi connectivity index (χ2n) is 3.73. The molecule has 2 aromatic heterocycles. The largest absolute Gasteiger partial charge is 0.384 e. The van der Waals surface area contributed by atoms with Crippen LogP contribution in [0, 0.1) is 0 Å². The van der Waals surface area contributed by atoms with Crippen LogP contribution in [0.2, 0.25) is 5.15 Å². The molecule has 0 saturated heterocycles. The number of nitrogen functional groups attached to an aromatic ring is 1. The van der Waals surface area contributed by atoms with Gasteiger partial charge in [0.1, 0.15) is 11.0 Å². The number of ether oxygens (including phenoxy) is 1. The Hall–Kier alpha value is -1.37. The molecule has 2 N–H and O–H groups in total. The van der Waals surface area contributed by atoms with Crippen molar-refractivity contribution >= 4 is 29.2 Å². The van der Waals surface area contributed by atoms with Gasteiger partial charge in [-0.2, -0.15) is 0 Å². The monoisotopic (exact) mass is 296 g/mol. The van der Waals surface area contributed by atoms with Gasteiger partial charge in [0.25, 0.3) is 0 Å². The molecule has 0 atom stereocenters. The Morgan fingerprint density at radius 1 is 1.42 bits per heavy atom. The van der Waals surface area contributed by atoms with E-state index in [1.165, 1.54) is 17.8 Å². The van der Waals surface area contributed by atoms with Crippen molar-refractivity contribution in [2.24, 2.45) is 0 Å². The van der Waals surface area contributed by atoms with E-state index in [1.807, 2.05) is 12.1 Å². The van der Waals surface area contributed by atoms with Gasteiger partial charge in [-0.25, -0.2) is 9.97 Å². The number of nitrogens with zero attached hydrogens (tertiary/aromatic N) is 3. The van der Waals surface area contributed by atoms with Crippen molar-refractivity contribution in [3.63, 3.8) is 0 Å². The van der Waals surface area contributed by atoms with Gasteiger partial charge in [-0.1, -0.05) is 29.4 Å².